The second-order valence-corrected chi connectivity index (χ2v) is 5.77. The molecule has 22 heavy (non-hydrogen) atoms. The van der Waals surface area contributed by atoms with Crippen LogP contribution >= 0.6 is 11.6 Å². The summed E-state index contributed by atoms with van der Waals surface area (Å²) in [7, 11) is 0. The van der Waals surface area contributed by atoms with E-state index in [1.165, 1.54) is 0 Å². The molecule has 0 bridgehead atoms. The Kier molecular flexibility index (Phi) is 6.34. The summed E-state index contributed by atoms with van der Waals surface area (Å²) in [6.45, 7) is 3.53. The predicted octanol–water partition coefficient (Wildman–Crippen LogP) is 2.97. The number of para-hydroxylation sites is 1. The summed E-state index contributed by atoms with van der Waals surface area (Å²) in [5, 5.41) is 12.7. The topological polar surface area (TPSA) is 61.8 Å². The van der Waals surface area contributed by atoms with Crippen LogP contribution in [0.25, 0.3) is 0 Å². The monoisotopic (exact) mass is 326 g/mol. The fourth-order valence-electron chi connectivity index (χ4n) is 2.67. The maximum absolute atomic E-state index is 12.4. The van der Waals surface area contributed by atoms with Gasteiger partial charge in [-0.05, 0) is 25.3 Å². The minimum atomic E-state index is -0.159. The number of amides is 2. The van der Waals surface area contributed by atoms with E-state index < -0.39 is 0 Å². The average molecular weight is 327 g/mol. The lowest BCUT2D eigenvalue weighted by atomic mass is 10.0. The van der Waals surface area contributed by atoms with Crippen LogP contribution in [-0.2, 0) is 0 Å². The number of carbonyl (C=O) groups is 1. The fourth-order valence-corrected chi connectivity index (χ4v) is 2.90. The van der Waals surface area contributed by atoms with Gasteiger partial charge in [0.15, 0.2) is 0 Å². The number of fused-ring (bicyclic) bond motifs is 1. The summed E-state index contributed by atoms with van der Waals surface area (Å²) in [5.74, 6) is 0.663. The largest absolute Gasteiger partial charge is 0.492 e. The summed E-state index contributed by atoms with van der Waals surface area (Å²) in [4.78, 5) is 14.1. The van der Waals surface area contributed by atoms with Gasteiger partial charge in [-0.3, -0.25) is 0 Å². The van der Waals surface area contributed by atoms with E-state index in [9.17, 15) is 4.79 Å². The van der Waals surface area contributed by atoms with Crippen LogP contribution in [0, 0.1) is 0 Å². The molecule has 0 aliphatic carbocycles. The highest BCUT2D eigenvalue weighted by Crippen LogP contribution is 2.36. The number of rotatable bonds is 5. The summed E-state index contributed by atoms with van der Waals surface area (Å²) in [5.41, 5.74) is 0.916. The lowest BCUT2D eigenvalue weighted by molar-refractivity contribution is 0.173. The lowest BCUT2D eigenvalue weighted by Gasteiger charge is -2.26. The molecule has 2 N–H and O–H groups in total. The van der Waals surface area contributed by atoms with Gasteiger partial charge in [-0.15, -0.1) is 0 Å². The van der Waals surface area contributed by atoms with E-state index in [2.05, 4.69) is 5.32 Å². The van der Waals surface area contributed by atoms with Gasteiger partial charge in [0.05, 0.1) is 24.3 Å². The number of nitrogens with zero attached hydrogens (tertiary/aromatic N) is 1. The van der Waals surface area contributed by atoms with Crippen LogP contribution in [0.15, 0.2) is 18.2 Å². The van der Waals surface area contributed by atoms with E-state index in [4.69, 9.17) is 21.4 Å². The molecule has 1 unspecified atom stereocenters. The van der Waals surface area contributed by atoms with Crippen molar-refractivity contribution in [3.05, 3.63) is 28.8 Å². The van der Waals surface area contributed by atoms with Crippen molar-refractivity contribution in [3.63, 3.8) is 0 Å². The molecule has 0 spiro atoms. The third-order valence-electron chi connectivity index (χ3n) is 3.70. The number of carbonyl (C=O) groups excluding carboxylic acids is 1. The van der Waals surface area contributed by atoms with Gasteiger partial charge >= 0.3 is 6.03 Å². The minimum absolute atomic E-state index is 0.0381. The van der Waals surface area contributed by atoms with Crippen molar-refractivity contribution in [1.29, 1.82) is 0 Å². The Morgan fingerprint density at radius 1 is 1.50 bits per heavy atom. The van der Waals surface area contributed by atoms with E-state index in [-0.39, 0.29) is 18.7 Å². The third kappa shape index (κ3) is 4.05. The maximum atomic E-state index is 12.4. The minimum Gasteiger partial charge on any atom is -0.492 e. The molecule has 1 aromatic carbocycles. The zero-order valence-electron chi connectivity index (χ0n) is 12.8. The molecule has 1 aliphatic heterocycles. The number of aliphatic hydroxyl groups excluding tert-OH is 1. The van der Waals surface area contributed by atoms with Gasteiger partial charge in [-0.1, -0.05) is 30.7 Å². The van der Waals surface area contributed by atoms with Gasteiger partial charge in [-0.2, -0.15) is 0 Å². The number of benzene rings is 1. The van der Waals surface area contributed by atoms with E-state index >= 15 is 0 Å². The van der Waals surface area contributed by atoms with Crippen molar-refractivity contribution < 1.29 is 14.6 Å². The quantitative estimate of drug-likeness (QED) is 0.874. The maximum Gasteiger partial charge on any atom is 0.317 e. The fraction of sp³-hybridized carbons (Fsp3) is 0.562. The van der Waals surface area contributed by atoms with Crippen LogP contribution in [0.2, 0.25) is 5.02 Å². The highest BCUT2D eigenvalue weighted by Gasteiger charge is 2.24. The summed E-state index contributed by atoms with van der Waals surface area (Å²) < 4.78 is 5.71. The Balaban J connectivity index is 2.15. The van der Waals surface area contributed by atoms with E-state index in [1.807, 2.05) is 19.1 Å². The molecule has 0 saturated heterocycles. The third-order valence-corrected chi connectivity index (χ3v) is 4.00. The standard InChI is InChI=1S/C16H23ClN2O3/c1-2-8-19(9-10-20)16(21)18-14-7-4-11-22-15-12(14)5-3-6-13(15)17/h3,5-6,14,20H,2,4,7-11H2,1H3,(H,18,21). The number of halogens is 1. The van der Waals surface area contributed by atoms with Gasteiger partial charge in [0.25, 0.3) is 0 Å². The first-order valence-electron chi connectivity index (χ1n) is 7.74. The van der Waals surface area contributed by atoms with Crippen molar-refractivity contribution >= 4 is 17.6 Å². The first kappa shape index (κ1) is 16.9. The first-order chi connectivity index (χ1) is 10.7. The smallest absolute Gasteiger partial charge is 0.317 e. The molecule has 1 heterocycles. The van der Waals surface area contributed by atoms with Crippen molar-refractivity contribution in [2.75, 3.05) is 26.3 Å². The number of nitrogens with one attached hydrogen (secondary N) is 1. The molecule has 0 saturated carbocycles. The van der Waals surface area contributed by atoms with Crippen LogP contribution in [0.3, 0.4) is 0 Å². The van der Waals surface area contributed by atoms with Crippen molar-refractivity contribution in [3.8, 4) is 5.75 Å². The molecule has 122 valence electrons. The zero-order chi connectivity index (χ0) is 15.9. The van der Waals surface area contributed by atoms with Crippen LogP contribution in [0.4, 0.5) is 4.79 Å². The molecular formula is C16H23ClN2O3. The molecule has 5 nitrogen and oxygen atoms in total. The molecule has 0 aromatic heterocycles. The number of hydrogen-bond acceptors (Lipinski definition) is 3. The van der Waals surface area contributed by atoms with Gasteiger partial charge in [0.1, 0.15) is 5.75 Å². The molecule has 2 amide bonds. The SMILES string of the molecule is CCCN(CCO)C(=O)NC1CCCOc2c(Cl)cccc21. The average Bonchev–Trinajstić information content (AvgIpc) is 2.71. The highest BCUT2D eigenvalue weighted by molar-refractivity contribution is 6.32. The molecule has 2 rings (SSSR count). The Hall–Kier alpha value is -1.46. The molecule has 1 aliphatic rings. The molecular weight excluding hydrogens is 304 g/mol. The van der Waals surface area contributed by atoms with Gasteiger partial charge in [0.2, 0.25) is 0 Å². The van der Waals surface area contributed by atoms with Crippen LogP contribution in [-0.4, -0.2) is 42.3 Å². The Labute approximate surface area is 136 Å². The van der Waals surface area contributed by atoms with Gasteiger partial charge in [-0.25, -0.2) is 4.79 Å². The van der Waals surface area contributed by atoms with Crippen LogP contribution in [0.5, 0.6) is 5.75 Å². The Bertz CT molecular complexity index is 504. The second-order valence-electron chi connectivity index (χ2n) is 5.36. The highest BCUT2D eigenvalue weighted by atomic mass is 35.5. The molecule has 0 fully saturated rings. The van der Waals surface area contributed by atoms with Crippen molar-refractivity contribution in [2.24, 2.45) is 0 Å². The molecule has 6 heteroatoms. The predicted molar refractivity (Wildman–Crippen MR) is 86.4 cm³/mol. The summed E-state index contributed by atoms with van der Waals surface area (Å²) in [6.07, 6.45) is 2.51. The molecule has 1 aromatic rings. The van der Waals surface area contributed by atoms with Crippen molar-refractivity contribution in [1.82, 2.24) is 10.2 Å². The molecule has 0 radical (unpaired) electrons. The van der Waals surface area contributed by atoms with Crippen LogP contribution in [0.1, 0.15) is 37.8 Å². The number of hydrogen-bond donors (Lipinski definition) is 2. The van der Waals surface area contributed by atoms with Gasteiger partial charge in [0, 0.05) is 18.7 Å². The van der Waals surface area contributed by atoms with E-state index in [0.717, 1.165) is 24.8 Å². The van der Waals surface area contributed by atoms with Crippen molar-refractivity contribution in [2.45, 2.75) is 32.2 Å². The van der Waals surface area contributed by atoms with E-state index in [0.29, 0.717) is 30.5 Å². The lowest BCUT2D eigenvalue weighted by Crippen LogP contribution is -2.43. The normalized spacial score (nSPS) is 17.1. The first-order valence-corrected chi connectivity index (χ1v) is 8.12. The van der Waals surface area contributed by atoms with Gasteiger partial charge < -0.3 is 20.1 Å². The van der Waals surface area contributed by atoms with Crippen LogP contribution < -0.4 is 10.1 Å². The second kappa shape index (κ2) is 8.25. The zero-order valence-corrected chi connectivity index (χ0v) is 13.6. The Morgan fingerprint density at radius 3 is 3.05 bits per heavy atom. The summed E-state index contributed by atoms with van der Waals surface area (Å²) in [6, 6.07) is 5.32. The Morgan fingerprint density at radius 2 is 2.32 bits per heavy atom. The van der Waals surface area contributed by atoms with E-state index in [1.54, 1.807) is 11.0 Å². The number of aliphatic hydroxyl groups is 1. The molecule has 1 atom stereocenters. The number of ether oxygens (including phenoxy) is 1. The number of urea groups is 1. The summed E-state index contributed by atoms with van der Waals surface area (Å²) >= 11 is 6.20.